The van der Waals surface area contributed by atoms with Crippen molar-refractivity contribution < 1.29 is 4.79 Å². The van der Waals surface area contributed by atoms with Crippen molar-refractivity contribution in [2.45, 2.75) is 38.6 Å². The molecule has 0 bridgehead atoms. The van der Waals surface area contributed by atoms with Crippen molar-refractivity contribution in [2.75, 3.05) is 13.1 Å². The lowest BCUT2D eigenvalue weighted by atomic mass is 10.1. The molecule has 3 aromatic rings. The van der Waals surface area contributed by atoms with Gasteiger partial charge in [0.1, 0.15) is 5.82 Å². The molecule has 1 unspecified atom stereocenters. The Kier molecular flexibility index (Phi) is 4.45. The number of imidazole rings is 1. The molecular formula is C21H24N4O. The van der Waals surface area contributed by atoms with Gasteiger partial charge >= 0.3 is 0 Å². The van der Waals surface area contributed by atoms with Crippen molar-refractivity contribution in [1.82, 2.24) is 19.4 Å². The molecule has 0 N–H and O–H groups in total. The third-order valence-corrected chi connectivity index (χ3v) is 5.14. The molecule has 1 fully saturated rings. The number of carbonyl (C=O) groups is 1. The van der Waals surface area contributed by atoms with Gasteiger partial charge in [0, 0.05) is 31.2 Å². The Hall–Kier alpha value is -2.69. The average molecular weight is 348 g/mol. The Balaban J connectivity index is 1.55. The third kappa shape index (κ3) is 3.09. The monoisotopic (exact) mass is 348 g/mol. The molecule has 0 aliphatic carbocycles. The Morgan fingerprint density at radius 1 is 1.23 bits per heavy atom. The standard InChI is InChI=1S/C21H24N4O/c1-15(2)25-19-13-22-10-8-18(19)23-21(25)17-9-11-24(14-17)20(26)12-16-6-4-3-5-7-16/h3-8,10,13,15,17H,9,11-12,14H2,1-2H3. The summed E-state index contributed by atoms with van der Waals surface area (Å²) in [6.45, 7) is 5.89. The summed E-state index contributed by atoms with van der Waals surface area (Å²) in [6, 6.07) is 12.2. The second-order valence-corrected chi connectivity index (χ2v) is 7.29. The summed E-state index contributed by atoms with van der Waals surface area (Å²) in [4.78, 5) is 23.8. The molecule has 1 aliphatic heterocycles. The first-order chi connectivity index (χ1) is 12.6. The van der Waals surface area contributed by atoms with Gasteiger partial charge in [-0.25, -0.2) is 4.98 Å². The number of amides is 1. The lowest BCUT2D eigenvalue weighted by Gasteiger charge is -2.19. The molecule has 134 valence electrons. The van der Waals surface area contributed by atoms with Gasteiger partial charge in [0.25, 0.3) is 0 Å². The summed E-state index contributed by atoms with van der Waals surface area (Å²) in [7, 11) is 0. The highest BCUT2D eigenvalue weighted by atomic mass is 16.2. The van der Waals surface area contributed by atoms with Crippen LogP contribution in [0.2, 0.25) is 0 Å². The highest BCUT2D eigenvalue weighted by Gasteiger charge is 2.31. The SMILES string of the molecule is CC(C)n1c(C2CCN(C(=O)Cc3ccccc3)C2)nc2ccncc21. The van der Waals surface area contributed by atoms with E-state index < -0.39 is 0 Å². The van der Waals surface area contributed by atoms with Crippen molar-refractivity contribution >= 4 is 16.9 Å². The van der Waals surface area contributed by atoms with E-state index in [9.17, 15) is 4.79 Å². The van der Waals surface area contributed by atoms with Crippen molar-refractivity contribution in [3.8, 4) is 0 Å². The number of pyridine rings is 1. The van der Waals surface area contributed by atoms with Gasteiger partial charge in [0.15, 0.2) is 0 Å². The lowest BCUT2D eigenvalue weighted by molar-refractivity contribution is -0.129. The second-order valence-electron chi connectivity index (χ2n) is 7.29. The van der Waals surface area contributed by atoms with Crippen LogP contribution < -0.4 is 0 Å². The molecule has 1 atom stereocenters. The van der Waals surface area contributed by atoms with Gasteiger partial charge in [-0.3, -0.25) is 9.78 Å². The molecule has 1 aliphatic rings. The predicted molar refractivity (Wildman–Crippen MR) is 102 cm³/mol. The fraction of sp³-hybridized carbons (Fsp3) is 0.381. The number of nitrogens with zero attached hydrogens (tertiary/aromatic N) is 4. The molecule has 26 heavy (non-hydrogen) atoms. The maximum absolute atomic E-state index is 12.7. The normalized spacial score (nSPS) is 17.3. The van der Waals surface area contributed by atoms with Crippen molar-refractivity contribution in [3.05, 3.63) is 60.2 Å². The maximum atomic E-state index is 12.7. The summed E-state index contributed by atoms with van der Waals surface area (Å²) in [5.41, 5.74) is 3.13. The molecule has 3 heterocycles. The predicted octanol–water partition coefficient (Wildman–Crippen LogP) is 3.57. The smallest absolute Gasteiger partial charge is 0.227 e. The molecule has 0 saturated carbocycles. The van der Waals surface area contributed by atoms with Crippen molar-refractivity contribution in [3.63, 3.8) is 0 Å². The number of aromatic nitrogens is 3. The van der Waals surface area contributed by atoms with Crippen LogP contribution in [0, 0.1) is 0 Å². The summed E-state index contributed by atoms with van der Waals surface area (Å²) in [5.74, 6) is 1.56. The van der Waals surface area contributed by atoms with E-state index in [0.29, 0.717) is 12.5 Å². The molecule has 0 radical (unpaired) electrons. The first-order valence-electron chi connectivity index (χ1n) is 9.27. The minimum Gasteiger partial charge on any atom is -0.342 e. The van der Waals surface area contributed by atoms with E-state index >= 15 is 0 Å². The Bertz CT molecular complexity index is 916. The van der Waals surface area contributed by atoms with Gasteiger partial charge in [-0.2, -0.15) is 0 Å². The zero-order valence-electron chi connectivity index (χ0n) is 15.3. The number of carbonyl (C=O) groups excluding carboxylic acids is 1. The van der Waals surface area contributed by atoms with E-state index in [-0.39, 0.29) is 11.8 Å². The average Bonchev–Trinajstić information content (AvgIpc) is 3.27. The van der Waals surface area contributed by atoms with Crippen LogP contribution in [0.5, 0.6) is 0 Å². The molecule has 5 nitrogen and oxygen atoms in total. The highest BCUT2D eigenvalue weighted by Crippen LogP contribution is 2.31. The minimum absolute atomic E-state index is 0.201. The summed E-state index contributed by atoms with van der Waals surface area (Å²) < 4.78 is 2.28. The van der Waals surface area contributed by atoms with Gasteiger partial charge in [-0.05, 0) is 31.9 Å². The summed E-state index contributed by atoms with van der Waals surface area (Å²) in [6.07, 6.45) is 5.11. The van der Waals surface area contributed by atoms with E-state index in [4.69, 9.17) is 4.98 Å². The number of benzene rings is 1. The molecule has 0 spiro atoms. The minimum atomic E-state index is 0.201. The molecule has 1 amide bonds. The van der Waals surface area contributed by atoms with Gasteiger partial charge in [0.2, 0.25) is 5.91 Å². The summed E-state index contributed by atoms with van der Waals surface area (Å²) >= 11 is 0. The zero-order valence-corrected chi connectivity index (χ0v) is 15.3. The van der Waals surface area contributed by atoms with Crippen LogP contribution in [-0.4, -0.2) is 38.4 Å². The number of fused-ring (bicyclic) bond motifs is 1. The summed E-state index contributed by atoms with van der Waals surface area (Å²) in [5, 5.41) is 0. The van der Waals surface area contributed by atoms with Gasteiger partial charge in [0.05, 0.1) is 23.7 Å². The van der Waals surface area contributed by atoms with Crippen LogP contribution in [0.1, 0.15) is 43.6 Å². The van der Waals surface area contributed by atoms with Crippen LogP contribution in [0.4, 0.5) is 0 Å². The van der Waals surface area contributed by atoms with Gasteiger partial charge in [-0.15, -0.1) is 0 Å². The number of hydrogen-bond acceptors (Lipinski definition) is 3. The Labute approximate surface area is 153 Å². The van der Waals surface area contributed by atoms with Crippen LogP contribution in [0.25, 0.3) is 11.0 Å². The van der Waals surface area contributed by atoms with E-state index in [2.05, 4.69) is 23.4 Å². The topological polar surface area (TPSA) is 51.0 Å². The third-order valence-electron chi connectivity index (χ3n) is 5.14. The largest absolute Gasteiger partial charge is 0.342 e. The van der Waals surface area contributed by atoms with Crippen molar-refractivity contribution in [1.29, 1.82) is 0 Å². The molecular weight excluding hydrogens is 324 g/mol. The Morgan fingerprint density at radius 3 is 2.81 bits per heavy atom. The first-order valence-corrected chi connectivity index (χ1v) is 9.27. The van der Waals surface area contributed by atoms with Gasteiger partial charge in [-0.1, -0.05) is 30.3 Å². The zero-order chi connectivity index (χ0) is 18.1. The van der Waals surface area contributed by atoms with Crippen LogP contribution in [0.3, 0.4) is 0 Å². The van der Waals surface area contributed by atoms with Gasteiger partial charge < -0.3 is 9.47 Å². The molecule has 2 aromatic heterocycles. The fourth-order valence-corrected chi connectivity index (χ4v) is 3.87. The van der Waals surface area contributed by atoms with Crippen molar-refractivity contribution in [2.24, 2.45) is 0 Å². The van der Waals surface area contributed by atoms with Crippen LogP contribution >= 0.6 is 0 Å². The Morgan fingerprint density at radius 2 is 2.04 bits per heavy atom. The first kappa shape index (κ1) is 16.8. The molecule has 4 rings (SSSR count). The number of rotatable bonds is 4. The van der Waals surface area contributed by atoms with E-state index in [1.807, 2.05) is 47.5 Å². The number of hydrogen-bond donors (Lipinski definition) is 0. The number of likely N-dealkylation sites (tertiary alicyclic amines) is 1. The van der Waals surface area contributed by atoms with E-state index in [1.165, 1.54) is 0 Å². The van der Waals surface area contributed by atoms with Crippen LogP contribution in [0.15, 0.2) is 48.8 Å². The maximum Gasteiger partial charge on any atom is 0.227 e. The fourth-order valence-electron chi connectivity index (χ4n) is 3.87. The molecule has 1 saturated heterocycles. The molecule has 5 heteroatoms. The van der Waals surface area contributed by atoms with E-state index in [1.54, 1.807) is 6.20 Å². The quantitative estimate of drug-likeness (QED) is 0.724. The lowest BCUT2D eigenvalue weighted by Crippen LogP contribution is -2.30. The van der Waals surface area contributed by atoms with E-state index in [0.717, 1.165) is 41.9 Å². The highest BCUT2D eigenvalue weighted by molar-refractivity contribution is 5.79. The van der Waals surface area contributed by atoms with Crippen LogP contribution in [-0.2, 0) is 11.2 Å². The molecule has 1 aromatic carbocycles. The second kappa shape index (κ2) is 6.90.